The molecule has 2 aliphatic carbocycles. The van der Waals surface area contributed by atoms with Crippen LogP contribution in [0.3, 0.4) is 0 Å². The van der Waals surface area contributed by atoms with Gasteiger partial charge in [-0.3, -0.25) is 9.97 Å². The van der Waals surface area contributed by atoms with Crippen LogP contribution in [-0.2, 0) is 0 Å². The van der Waals surface area contributed by atoms with Crippen LogP contribution in [0.5, 0.6) is 0 Å². The van der Waals surface area contributed by atoms with Crippen molar-refractivity contribution in [3.8, 4) is 89.0 Å². The number of benzene rings is 10. The Morgan fingerprint density at radius 3 is 0.968 bits per heavy atom. The minimum atomic E-state index is 0. The maximum absolute atomic E-state index is 5.00. The molecule has 0 spiro atoms. The topological polar surface area (TPSA) is 25.8 Å². The first kappa shape index (κ1) is 29.1. The lowest BCUT2D eigenvalue weighted by atomic mass is 9.85. The number of hydrogen-bond donors (Lipinski definition) is 0. The number of rotatable bonds is 4. The van der Waals surface area contributed by atoms with E-state index in [0.29, 0.717) is 0 Å². The molecule has 2 heteroatoms. The number of hydrogen-bond acceptors (Lipinski definition) is 2. The fraction of sp³-hybridized carbons (Fsp3) is 0. The second-order valence-electron chi connectivity index (χ2n) is 16.8. The molecule has 296 valence electrons. The van der Waals surface area contributed by atoms with E-state index >= 15 is 0 Å². The predicted molar refractivity (Wildman–Crippen MR) is 273 cm³/mol. The van der Waals surface area contributed by atoms with Gasteiger partial charge < -0.3 is 0 Å². The first-order valence-corrected chi connectivity index (χ1v) is 21.4. The molecule has 14 rings (SSSR count). The van der Waals surface area contributed by atoms with E-state index in [-0.39, 0.29) is 1.43 Å². The summed E-state index contributed by atoms with van der Waals surface area (Å²) < 4.78 is 50.0. The van der Waals surface area contributed by atoms with Gasteiger partial charge in [0.05, 0.1) is 0 Å². The van der Waals surface area contributed by atoms with E-state index < -0.39 is 0 Å². The molecule has 2 aliphatic rings. The summed E-state index contributed by atoms with van der Waals surface area (Å²) in [5.41, 5.74) is 20.1. The van der Waals surface area contributed by atoms with E-state index in [9.17, 15) is 0 Å². The van der Waals surface area contributed by atoms with Gasteiger partial charge in [-0.2, -0.15) is 0 Å². The highest BCUT2D eigenvalue weighted by atomic mass is 14.6. The molecule has 0 saturated heterocycles. The SMILES string of the molecule is [2HH].[2H][2H].[2H][2H].[2H][2H].[2H][2H].[2H][2H].c1ccc(-c2ccc3c4c(cccc24)-c2cc4c(cc2-3)c(-c2ccncc2)cc2c3cc5c(cc3c(-c3ccncc3)cc42)-c2ccc(-c3ccccc3)c3cccc-5c23)cc1. The molecule has 0 unspecified atom stereocenters. The van der Waals surface area contributed by atoms with Gasteiger partial charge in [-0.1, -0.05) is 121 Å². The summed E-state index contributed by atoms with van der Waals surface area (Å²) in [4.78, 5) is 8.90. The van der Waals surface area contributed by atoms with E-state index in [1.54, 1.807) is 0 Å². The van der Waals surface area contributed by atoms with E-state index in [1.165, 1.54) is 132 Å². The van der Waals surface area contributed by atoms with Crippen LogP contribution in [0, 0.1) is 0 Å². The van der Waals surface area contributed by atoms with Crippen LogP contribution in [0.15, 0.2) is 207 Å². The maximum Gasteiger partial charge on any atom is 0.0273 e. The fourth-order valence-corrected chi connectivity index (χ4v) is 11.0. The van der Waals surface area contributed by atoms with Crippen LogP contribution in [0.4, 0.5) is 0 Å². The molecule has 0 N–H and O–H groups in total. The summed E-state index contributed by atoms with van der Waals surface area (Å²) in [7, 11) is 0. The minimum absolute atomic E-state index is 0. The quantitative estimate of drug-likeness (QED) is 0.166. The lowest BCUT2D eigenvalue weighted by Crippen LogP contribution is -1.92. The normalized spacial score (nSPS) is 12.8. The molecule has 0 fully saturated rings. The zero-order chi connectivity index (χ0) is 50.5. The molecule has 0 atom stereocenters. The average Bonchev–Trinajstić information content (AvgIpc) is 3.97. The van der Waals surface area contributed by atoms with Crippen LogP contribution in [0.2, 0.25) is 0 Å². The third kappa shape index (κ3) is 4.64. The lowest BCUT2D eigenvalue weighted by Gasteiger charge is -2.18. The van der Waals surface area contributed by atoms with Crippen molar-refractivity contribution in [2.45, 2.75) is 0 Å². The first-order valence-electron chi connectivity index (χ1n) is 26.4. The number of nitrogens with zero attached hydrogens (tertiary/aromatic N) is 2. The number of aromatic nitrogens is 2. The summed E-state index contributed by atoms with van der Waals surface area (Å²) in [6.07, 6.45) is 7.66. The average molecular weight is 806 g/mol. The Kier molecular flexibility index (Phi) is 5.94. The molecule has 0 radical (unpaired) electrons. The van der Waals surface area contributed by atoms with Gasteiger partial charge in [-0.15, -0.1) is 0 Å². The zero-order valence-electron chi connectivity index (χ0n) is 43.5. The van der Waals surface area contributed by atoms with Crippen molar-refractivity contribution in [1.82, 2.24) is 9.97 Å². The van der Waals surface area contributed by atoms with Gasteiger partial charge in [-0.05, 0) is 204 Å². The lowest BCUT2D eigenvalue weighted by molar-refractivity contribution is 1.33. The molecule has 0 saturated carbocycles. The highest BCUT2D eigenvalue weighted by molar-refractivity contribution is 6.29. The molecule has 2 heterocycles. The highest BCUT2D eigenvalue weighted by Gasteiger charge is 2.28. The van der Waals surface area contributed by atoms with Crippen LogP contribution >= 0.6 is 0 Å². The van der Waals surface area contributed by atoms with Crippen LogP contribution in [-0.4, -0.2) is 9.97 Å². The van der Waals surface area contributed by atoms with Gasteiger partial charge in [-0.25, -0.2) is 0 Å². The van der Waals surface area contributed by atoms with Crippen LogP contribution in [0.25, 0.3) is 143 Å². The first-order chi connectivity index (χ1) is 35.8. The van der Waals surface area contributed by atoms with Crippen molar-refractivity contribution < 1.29 is 16.3 Å². The van der Waals surface area contributed by atoms with E-state index in [0.717, 1.165) is 11.1 Å². The van der Waals surface area contributed by atoms with Crippen molar-refractivity contribution in [1.29, 1.82) is 0 Å². The highest BCUT2D eigenvalue weighted by Crippen LogP contribution is 2.55. The van der Waals surface area contributed by atoms with Crippen molar-refractivity contribution in [3.63, 3.8) is 0 Å². The van der Waals surface area contributed by atoms with Crippen LogP contribution in [0.1, 0.15) is 16.3 Å². The largest absolute Gasteiger partial charge is 0.265 e. The van der Waals surface area contributed by atoms with Gasteiger partial charge in [0.25, 0.3) is 0 Å². The maximum atomic E-state index is 5.00. The van der Waals surface area contributed by atoms with Gasteiger partial charge in [0.15, 0.2) is 0 Å². The Balaban J connectivity index is 0.000000612. The molecule has 0 bridgehead atoms. The third-order valence-electron chi connectivity index (χ3n) is 13.7. The summed E-state index contributed by atoms with van der Waals surface area (Å²) in [6.45, 7) is 0. The Hall–Kier alpha value is -8.20. The summed E-state index contributed by atoms with van der Waals surface area (Å²) in [5, 5.41) is 12.7. The predicted octanol–water partition coefficient (Wildman–Crippen LogP) is 17.7. The van der Waals surface area contributed by atoms with Crippen molar-refractivity contribution >= 4 is 53.9 Å². The second kappa shape index (κ2) is 12.7. The fourth-order valence-electron chi connectivity index (χ4n) is 11.0. The summed E-state index contributed by atoms with van der Waals surface area (Å²) in [6, 6.07) is 68.0. The van der Waals surface area contributed by atoms with Crippen molar-refractivity contribution in [2.24, 2.45) is 0 Å². The molecular formula is C60H46N2. The standard InChI is InChI=1S/C60H34N2.6H2/c1-3-9-35(10-4-1)39-17-19-45-51-31-53-47(37-21-25-61-26-22-37)29-56-55(57(53)33-49(51)43-15-7-13-41(39)59(43)45)30-48(38-23-27-62-28-24-38)54-32-52-46-20-18-40(36-11-5-2-6-12-36)42-14-8-16-44(60(42)46)50(52)34-58(54)56;;;;;;/h1-34H;6*1H/i;5*1+1D;1+1. The Bertz CT molecular complexity index is 3660. The molecule has 2 nitrogen and oxygen atoms in total. The summed E-state index contributed by atoms with van der Waals surface area (Å²) >= 11 is 0. The van der Waals surface area contributed by atoms with Crippen molar-refractivity contribution in [3.05, 3.63) is 207 Å². The van der Waals surface area contributed by atoms with E-state index in [2.05, 4.69) is 192 Å². The minimum Gasteiger partial charge on any atom is -0.265 e. The molecule has 12 aromatic rings. The van der Waals surface area contributed by atoms with Gasteiger partial charge in [0.1, 0.15) is 0 Å². The molecule has 62 heavy (non-hydrogen) atoms. The van der Waals surface area contributed by atoms with E-state index in [4.69, 9.17) is 14.8 Å². The third-order valence-corrected chi connectivity index (χ3v) is 13.7. The van der Waals surface area contributed by atoms with Crippen molar-refractivity contribution in [2.75, 3.05) is 0 Å². The van der Waals surface area contributed by atoms with Gasteiger partial charge in [0, 0.05) is 41.1 Å². The molecule has 10 aromatic carbocycles. The number of fused-ring (bicyclic) bond motifs is 11. The van der Waals surface area contributed by atoms with Gasteiger partial charge >= 0.3 is 0 Å². The van der Waals surface area contributed by atoms with Gasteiger partial charge in [0.2, 0.25) is 0 Å². The summed E-state index contributed by atoms with van der Waals surface area (Å²) in [5.74, 6) is 0. The molecule has 0 aliphatic heterocycles. The van der Waals surface area contributed by atoms with Crippen LogP contribution < -0.4 is 0 Å². The van der Waals surface area contributed by atoms with E-state index in [1.807, 2.05) is 24.8 Å². The molecular weight excluding hydrogens is 749 g/mol. The smallest absolute Gasteiger partial charge is 0.0273 e. The second-order valence-corrected chi connectivity index (χ2v) is 16.8. The molecule has 0 amide bonds. The molecule has 2 aromatic heterocycles. The Labute approximate surface area is 375 Å². The number of pyridine rings is 2. The Morgan fingerprint density at radius 1 is 0.226 bits per heavy atom. The Morgan fingerprint density at radius 2 is 0.548 bits per heavy atom. The monoisotopic (exact) mass is 805 g/mol. The zero-order valence-corrected chi connectivity index (χ0v) is 33.5.